The number of nitrogens with one attached hydrogen (secondary N) is 2. The van der Waals surface area contributed by atoms with Gasteiger partial charge in [-0.05, 0) is 23.6 Å². The molecule has 0 spiro atoms. The number of ether oxygens (including phenoxy) is 1. The Balaban J connectivity index is 1.46. The van der Waals surface area contributed by atoms with Gasteiger partial charge in [0, 0.05) is 17.1 Å². The van der Waals surface area contributed by atoms with Crippen LogP contribution in [0.2, 0.25) is 0 Å². The number of aromatic amines is 1. The Hall–Kier alpha value is -3.12. The van der Waals surface area contributed by atoms with Crippen molar-refractivity contribution in [1.82, 2.24) is 10.3 Å². The summed E-state index contributed by atoms with van der Waals surface area (Å²) in [6, 6.07) is 16.4. The van der Waals surface area contributed by atoms with Gasteiger partial charge in [0.05, 0.1) is 6.04 Å². The van der Waals surface area contributed by atoms with Crippen LogP contribution in [0, 0.1) is 0 Å². The fraction of sp³-hybridized carbons (Fsp3) is 0.200. The maximum absolute atomic E-state index is 12.1. The number of H-pyrrole nitrogens is 1. The highest BCUT2D eigenvalue weighted by molar-refractivity contribution is 5.87. The third kappa shape index (κ3) is 4.49. The second kappa shape index (κ2) is 8.31. The quantitative estimate of drug-likeness (QED) is 0.566. The molecule has 1 unspecified atom stereocenters. The number of fused-ring (bicyclic) bond motifs is 1. The van der Waals surface area contributed by atoms with Crippen LogP contribution in [0.1, 0.15) is 11.1 Å². The molecule has 3 aromatic rings. The van der Waals surface area contributed by atoms with Crippen molar-refractivity contribution < 1.29 is 14.3 Å². The second-order valence-corrected chi connectivity index (χ2v) is 6.03. The molecule has 1 heterocycles. The van der Waals surface area contributed by atoms with Crippen molar-refractivity contribution in [3.63, 3.8) is 0 Å². The van der Waals surface area contributed by atoms with Crippen molar-refractivity contribution in [2.24, 2.45) is 5.73 Å². The Morgan fingerprint density at radius 1 is 1.08 bits per heavy atom. The van der Waals surface area contributed by atoms with Crippen molar-refractivity contribution in [2.75, 3.05) is 6.54 Å². The van der Waals surface area contributed by atoms with Gasteiger partial charge in [0.25, 0.3) is 0 Å². The molecule has 3 rings (SSSR count). The van der Waals surface area contributed by atoms with Gasteiger partial charge < -0.3 is 20.8 Å². The molecule has 6 nitrogen and oxygen atoms in total. The Morgan fingerprint density at radius 3 is 2.62 bits per heavy atom. The molecule has 0 fully saturated rings. The average Bonchev–Trinajstić information content (AvgIpc) is 3.08. The molecule has 1 aromatic heterocycles. The summed E-state index contributed by atoms with van der Waals surface area (Å²) in [7, 11) is 0. The first-order valence-electron chi connectivity index (χ1n) is 8.41. The van der Waals surface area contributed by atoms with Crippen LogP contribution in [-0.4, -0.2) is 29.4 Å². The number of aromatic nitrogens is 1. The van der Waals surface area contributed by atoms with Gasteiger partial charge in [-0.2, -0.15) is 0 Å². The molecular formula is C20H21N3O3. The predicted molar refractivity (Wildman–Crippen MR) is 99.2 cm³/mol. The minimum Gasteiger partial charge on any atom is -0.460 e. The largest absolute Gasteiger partial charge is 0.460 e. The zero-order valence-electron chi connectivity index (χ0n) is 14.3. The first kappa shape index (κ1) is 17.7. The van der Waals surface area contributed by atoms with Crippen LogP contribution in [0.4, 0.5) is 0 Å². The zero-order valence-corrected chi connectivity index (χ0v) is 14.3. The van der Waals surface area contributed by atoms with Crippen molar-refractivity contribution in [1.29, 1.82) is 0 Å². The van der Waals surface area contributed by atoms with Gasteiger partial charge in [0.2, 0.25) is 5.91 Å². The van der Waals surface area contributed by atoms with Gasteiger partial charge in [-0.25, -0.2) is 0 Å². The summed E-state index contributed by atoms with van der Waals surface area (Å²) in [5.41, 5.74) is 8.83. The van der Waals surface area contributed by atoms with Crippen LogP contribution in [0.25, 0.3) is 10.9 Å². The number of amides is 1. The van der Waals surface area contributed by atoms with E-state index in [0.717, 1.165) is 22.0 Å². The Labute approximate surface area is 151 Å². The summed E-state index contributed by atoms with van der Waals surface area (Å²) in [5, 5.41) is 3.57. The predicted octanol–water partition coefficient (Wildman–Crippen LogP) is 1.90. The SMILES string of the molecule is NC(Cc1c[nH]c2ccccc12)C(=O)NCC(=O)OCc1ccccc1. The van der Waals surface area contributed by atoms with Gasteiger partial charge in [-0.3, -0.25) is 9.59 Å². The van der Waals surface area contributed by atoms with Crippen LogP contribution in [0.5, 0.6) is 0 Å². The van der Waals surface area contributed by atoms with Crippen LogP contribution < -0.4 is 11.1 Å². The number of nitrogens with two attached hydrogens (primary N) is 1. The van der Waals surface area contributed by atoms with E-state index in [4.69, 9.17) is 10.5 Å². The van der Waals surface area contributed by atoms with E-state index in [1.807, 2.05) is 60.8 Å². The highest BCUT2D eigenvalue weighted by atomic mass is 16.5. The zero-order chi connectivity index (χ0) is 18.4. The summed E-state index contributed by atoms with van der Waals surface area (Å²) >= 11 is 0. The molecule has 26 heavy (non-hydrogen) atoms. The number of para-hydroxylation sites is 1. The first-order valence-corrected chi connectivity index (χ1v) is 8.41. The number of carbonyl (C=O) groups excluding carboxylic acids is 2. The molecule has 1 atom stereocenters. The number of carbonyl (C=O) groups is 2. The van der Waals surface area contributed by atoms with E-state index in [0.29, 0.717) is 6.42 Å². The minimum absolute atomic E-state index is 0.178. The van der Waals surface area contributed by atoms with E-state index < -0.39 is 12.0 Å². The molecule has 0 saturated carbocycles. The van der Waals surface area contributed by atoms with Crippen molar-refractivity contribution >= 4 is 22.8 Å². The first-order chi connectivity index (χ1) is 12.6. The number of hydrogen-bond acceptors (Lipinski definition) is 4. The Bertz CT molecular complexity index is 889. The van der Waals surface area contributed by atoms with Crippen LogP contribution >= 0.6 is 0 Å². The summed E-state index contributed by atoms with van der Waals surface area (Å²) in [4.78, 5) is 27.0. The lowest BCUT2D eigenvalue weighted by Crippen LogP contribution is -2.44. The highest BCUT2D eigenvalue weighted by Gasteiger charge is 2.17. The number of hydrogen-bond donors (Lipinski definition) is 3. The molecule has 0 aliphatic rings. The molecule has 2 aromatic carbocycles. The molecule has 1 amide bonds. The van der Waals surface area contributed by atoms with Crippen LogP contribution in [0.3, 0.4) is 0 Å². The standard InChI is InChI=1S/C20H21N3O3/c21-17(10-15-11-22-18-9-5-4-8-16(15)18)20(25)23-12-19(24)26-13-14-6-2-1-3-7-14/h1-9,11,17,22H,10,12-13,21H2,(H,23,25). The third-order valence-electron chi connectivity index (χ3n) is 4.10. The molecule has 0 bridgehead atoms. The van der Waals surface area contributed by atoms with Crippen molar-refractivity contribution in [3.05, 3.63) is 71.9 Å². The lowest BCUT2D eigenvalue weighted by Gasteiger charge is -2.12. The third-order valence-corrected chi connectivity index (χ3v) is 4.10. The number of benzene rings is 2. The topological polar surface area (TPSA) is 97.2 Å². The molecule has 0 aliphatic carbocycles. The summed E-state index contributed by atoms with van der Waals surface area (Å²) < 4.78 is 5.12. The van der Waals surface area contributed by atoms with E-state index in [1.54, 1.807) is 0 Å². The summed E-state index contributed by atoms with van der Waals surface area (Å²) in [6.07, 6.45) is 2.24. The van der Waals surface area contributed by atoms with Crippen LogP contribution in [0.15, 0.2) is 60.8 Å². The monoisotopic (exact) mass is 351 g/mol. The van der Waals surface area contributed by atoms with Crippen LogP contribution in [-0.2, 0) is 27.4 Å². The fourth-order valence-electron chi connectivity index (χ4n) is 2.71. The molecule has 0 radical (unpaired) electrons. The van der Waals surface area contributed by atoms with E-state index in [2.05, 4.69) is 10.3 Å². The lowest BCUT2D eigenvalue weighted by atomic mass is 10.1. The van der Waals surface area contributed by atoms with Gasteiger partial charge in [0.15, 0.2) is 0 Å². The fourth-order valence-corrected chi connectivity index (χ4v) is 2.71. The minimum atomic E-state index is -0.740. The number of esters is 1. The number of rotatable bonds is 7. The molecule has 134 valence electrons. The van der Waals surface area contributed by atoms with Gasteiger partial charge in [-0.1, -0.05) is 48.5 Å². The smallest absolute Gasteiger partial charge is 0.325 e. The molecule has 0 aliphatic heterocycles. The Morgan fingerprint density at radius 2 is 1.81 bits per heavy atom. The van der Waals surface area contributed by atoms with Gasteiger partial charge in [-0.15, -0.1) is 0 Å². The maximum Gasteiger partial charge on any atom is 0.325 e. The summed E-state index contributed by atoms with van der Waals surface area (Å²) in [6.45, 7) is -0.0236. The molecular weight excluding hydrogens is 330 g/mol. The Kier molecular flexibility index (Phi) is 5.66. The molecule has 6 heteroatoms. The van der Waals surface area contributed by atoms with Crippen molar-refractivity contribution in [2.45, 2.75) is 19.1 Å². The maximum atomic E-state index is 12.1. The highest BCUT2D eigenvalue weighted by Crippen LogP contribution is 2.18. The normalized spacial score (nSPS) is 11.9. The second-order valence-electron chi connectivity index (χ2n) is 6.03. The van der Waals surface area contributed by atoms with Crippen molar-refractivity contribution in [3.8, 4) is 0 Å². The van der Waals surface area contributed by atoms with Gasteiger partial charge >= 0.3 is 5.97 Å². The molecule has 0 saturated heterocycles. The summed E-state index contributed by atoms with van der Waals surface area (Å²) in [5.74, 6) is -0.881. The van der Waals surface area contributed by atoms with E-state index >= 15 is 0 Å². The van der Waals surface area contributed by atoms with Gasteiger partial charge in [0.1, 0.15) is 13.2 Å². The lowest BCUT2D eigenvalue weighted by molar-refractivity contribution is -0.145. The van der Waals surface area contributed by atoms with E-state index in [-0.39, 0.29) is 19.1 Å². The van der Waals surface area contributed by atoms with E-state index in [9.17, 15) is 9.59 Å². The van der Waals surface area contributed by atoms with E-state index in [1.165, 1.54) is 0 Å². The average molecular weight is 351 g/mol. The molecule has 4 N–H and O–H groups in total.